The number of carbonyl (C=O) groups is 2. The highest BCUT2D eigenvalue weighted by molar-refractivity contribution is 5.71. The average molecular weight is 682 g/mol. The third-order valence-corrected chi connectivity index (χ3v) is 9.54. The lowest BCUT2D eigenvalue weighted by atomic mass is 9.72. The summed E-state index contributed by atoms with van der Waals surface area (Å²) >= 11 is 0. The Morgan fingerprint density at radius 1 is 0.872 bits per heavy atom. The molecular formula is C33H36F9NO4. The number of cyclic esters (lactones) is 1. The summed E-state index contributed by atoms with van der Waals surface area (Å²) in [6.07, 6.45) is -12.4. The number of benzene rings is 2. The fraction of sp³-hybridized carbons (Fsp3) is 0.576. The zero-order valence-corrected chi connectivity index (χ0v) is 25.7. The molecule has 0 spiro atoms. The molecule has 1 aliphatic heterocycles. The molecule has 2 fully saturated rings. The summed E-state index contributed by atoms with van der Waals surface area (Å²) in [5.41, 5.74) is -3.99. The number of rotatable bonds is 10. The molecule has 2 aliphatic rings. The van der Waals surface area contributed by atoms with Gasteiger partial charge < -0.3 is 9.84 Å². The summed E-state index contributed by atoms with van der Waals surface area (Å²) in [6, 6.07) is 2.98. The summed E-state index contributed by atoms with van der Waals surface area (Å²) in [6.45, 7) is 2.96. The molecule has 0 aromatic heterocycles. The Labute approximate surface area is 266 Å². The second-order valence-electron chi connectivity index (χ2n) is 12.6. The first-order valence-electron chi connectivity index (χ1n) is 15.4. The number of aryl methyl sites for hydroxylation is 1. The van der Waals surface area contributed by atoms with Gasteiger partial charge in [-0.2, -0.15) is 39.5 Å². The number of amides is 1. The van der Waals surface area contributed by atoms with Crippen LogP contribution in [0.4, 0.5) is 44.3 Å². The van der Waals surface area contributed by atoms with Gasteiger partial charge in [0.2, 0.25) is 0 Å². The van der Waals surface area contributed by atoms with E-state index >= 15 is 0 Å². The first-order chi connectivity index (χ1) is 21.8. The lowest BCUT2D eigenvalue weighted by molar-refractivity contribution is -0.143. The zero-order chi connectivity index (χ0) is 34.9. The molecule has 2 aromatic carbocycles. The molecule has 1 heterocycles. The third-order valence-electron chi connectivity index (χ3n) is 9.54. The van der Waals surface area contributed by atoms with Crippen molar-refractivity contribution in [2.75, 3.05) is 0 Å². The Kier molecular flexibility index (Phi) is 10.8. The van der Waals surface area contributed by atoms with Crippen LogP contribution in [0.2, 0.25) is 0 Å². The molecule has 1 amide bonds. The topological polar surface area (TPSA) is 66.8 Å². The molecule has 14 heteroatoms. The summed E-state index contributed by atoms with van der Waals surface area (Å²) < 4.78 is 127. The minimum atomic E-state index is -5.12. The molecule has 5 nitrogen and oxygen atoms in total. The molecule has 1 unspecified atom stereocenters. The van der Waals surface area contributed by atoms with Crippen molar-refractivity contribution in [2.45, 2.75) is 102 Å². The first kappa shape index (κ1) is 36.4. The van der Waals surface area contributed by atoms with Crippen LogP contribution in [-0.4, -0.2) is 28.1 Å². The average Bonchev–Trinajstić information content (AvgIpc) is 3.25. The summed E-state index contributed by atoms with van der Waals surface area (Å²) in [7, 11) is 0. The standard InChI is InChI=1S/C33H36F9NO4/c1-3-20(21-6-4-19(5-7-21)12-28(44)45)8-9-22-10-11-25(31(34,35)36)15-24(22)17-43-18(2)29(47-30(43)46)23-13-26(32(37,38)39)16-27(14-23)33(40,41)42/h10-11,13-16,18-21,29H,3-9,12,17H2,1-2H3,(H,44,45)/t18-,19?,20?,21?,29-/m0/s1. The molecule has 1 aliphatic carbocycles. The van der Waals surface area contributed by atoms with E-state index in [0.717, 1.165) is 49.1 Å². The van der Waals surface area contributed by atoms with Crippen LogP contribution in [0.25, 0.3) is 0 Å². The van der Waals surface area contributed by atoms with Crippen molar-refractivity contribution >= 4 is 12.1 Å². The predicted molar refractivity (Wildman–Crippen MR) is 152 cm³/mol. The van der Waals surface area contributed by atoms with Gasteiger partial charge in [0.05, 0.1) is 22.7 Å². The molecule has 1 N–H and O–H groups in total. The minimum absolute atomic E-state index is 0.0388. The van der Waals surface area contributed by atoms with Crippen LogP contribution in [0.5, 0.6) is 0 Å². The van der Waals surface area contributed by atoms with Gasteiger partial charge in [-0.05, 0) is 110 Å². The predicted octanol–water partition coefficient (Wildman–Crippen LogP) is 10.1. The smallest absolute Gasteiger partial charge is 0.416 e. The Balaban J connectivity index is 1.57. The van der Waals surface area contributed by atoms with Gasteiger partial charge >= 0.3 is 30.6 Å². The van der Waals surface area contributed by atoms with E-state index in [2.05, 4.69) is 0 Å². The van der Waals surface area contributed by atoms with Gasteiger partial charge in [0.1, 0.15) is 6.10 Å². The van der Waals surface area contributed by atoms with Crippen molar-refractivity contribution in [3.8, 4) is 0 Å². The number of hydrogen-bond donors (Lipinski definition) is 1. The van der Waals surface area contributed by atoms with Crippen molar-refractivity contribution in [3.63, 3.8) is 0 Å². The van der Waals surface area contributed by atoms with E-state index in [0.29, 0.717) is 36.5 Å². The SMILES string of the molecule is CCC(CCc1ccc(C(F)(F)F)cc1CN1C(=O)O[C@H](c2cc(C(F)(F)F)cc(C(F)(F)F)c2)[C@@H]1C)C1CCC(CC(=O)O)CC1. The Bertz CT molecular complexity index is 1400. The molecular weight excluding hydrogens is 645 g/mol. The van der Waals surface area contributed by atoms with Gasteiger partial charge in [0.15, 0.2) is 0 Å². The van der Waals surface area contributed by atoms with Crippen LogP contribution in [-0.2, 0) is 41.0 Å². The summed E-state index contributed by atoms with van der Waals surface area (Å²) in [5.74, 6) is -0.172. The largest absolute Gasteiger partial charge is 0.481 e. The Morgan fingerprint density at radius 3 is 1.96 bits per heavy atom. The van der Waals surface area contributed by atoms with Crippen LogP contribution < -0.4 is 0 Å². The van der Waals surface area contributed by atoms with E-state index in [1.165, 1.54) is 13.0 Å². The lowest BCUT2D eigenvalue weighted by Gasteiger charge is -2.33. The molecule has 3 atom stereocenters. The first-order valence-corrected chi connectivity index (χ1v) is 15.4. The quantitative estimate of drug-likeness (QED) is 0.254. The fourth-order valence-electron chi connectivity index (χ4n) is 6.90. The van der Waals surface area contributed by atoms with Crippen LogP contribution in [0.1, 0.15) is 98.3 Å². The normalized spacial score (nSPS) is 23.1. The minimum Gasteiger partial charge on any atom is -0.481 e. The van der Waals surface area contributed by atoms with Gasteiger partial charge in [-0.25, -0.2) is 4.79 Å². The maximum Gasteiger partial charge on any atom is 0.416 e. The lowest BCUT2D eigenvalue weighted by Crippen LogP contribution is -2.32. The molecule has 2 aromatic rings. The number of halogens is 9. The van der Waals surface area contributed by atoms with Crippen molar-refractivity contribution in [3.05, 3.63) is 69.8 Å². The van der Waals surface area contributed by atoms with Gasteiger partial charge in [-0.1, -0.05) is 19.4 Å². The van der Waals surface area contributed by atoms with Gasteiger partial charge in [0, 0.05) is 13.0 Å². The van der Waals surface area contributed by atoms with Gasteiger partial charge in [-0.3, -0.25) is 9.69 Å². The number of carboxylic acids is 1. The highest BCUT2D eigenvalue weighted by atomic mass is 19.4. The maximum atomic E-state index is 13.7. The van der Waals surface area contributed by atoms with E-state index in [1.54, 1.807) is 0 Å². The number of carbonyl (C=O) groups excluding carboxylic acids is 1. The zero-order valence-electron chi connectivity index (χ0n) is 25.7. The number of hydrogen-bond acceptors (Lipinski definition) is 3. The molecule has 0 radical (unpaired) electrons. The van der Waals surface area contributed by atoms with E-state index < -0.39 is 71.5 Å². The highest BCUT2D eigenvalue weighted by Crippen LogP contribution is 2.42. The van der Waals surface area contributed by atoms with E-state index in [9.17, 15) is 49.1 Å². The second-order valence-corrected chi connectivity index (χ2v) is 12.6. The fourth-order valence-corrected chi connectivity index (χ4v) is 6.90. The molecule has 47 heavy (non-hydrogen) atoms. The number of ether oxygens (including phenoxy) is 1. The Morgan fingerprint density at radius 2 is 1.45 bits per heavy atom. The van der Waals surface area contributed by atoms with Crippen LogP contribution >= 0.6 is 0 Å². The van der Waals surface area contributed by atoms with Gasteiger partial charge in [0.25, 0.3) is 0 Å². The second kappa shape index (κ2) is 14.0. The monoisotopic (exact) mass is 681 g/mol. The highest BCUT2D eigenvalue weighted by Gasteiger charge is 2.44. The van der Waals surface area contributed by atoms with Crippen molar-refractivity contribution in [1.29, 1.82) is 0 Å². The number of alkyl halides is 9. The van der Waals surface area contributed by atoms with Crippen molar-refractivity contribution in [2.24, 2.45) is 17.8 Å². The molecule has 1 saturated heterocycles. The Hall–Kier alpha value is -3.45. The van der Waals surface area contributed by atoms with Crippen LogP contribution in [0.3, 0.4) is 0 Å². The van der Waals surface area contributed by atoms with Crippen LogP contribution in [0.15, 0.2) is 36.4 Å². The van der Waals surface area contributed by atoms with Gasteiger partial charge in [-0.15, -0.1) is 0 Å². The molecule has 260 valence electrons. The number of carboxylic acid groups (broad SMARTS) is 1. The van der Waals surface area contributed by atoms with Crippen LogP contribution in [0, 0.1) is 17.8 Å². The van der Waals surface area contributed by atoms with E-state index in [4.69, 9.17) is 9.84 Å². The maximum absolute atomic E-state index is 13.7. The van der Waals surface area contributed by atoms with E-state index in [1.807, 2.05) is 6.92 Å². The number of nitrogens with zero attached hydrogens (tertiary/aromatic N) is 1. The molecule has 0 bridgehead atoms. The van der Waals surface area contributed by atoms with Crippen molar-refractivity contribution in [1.82, 2.24) is 4.90 Å². The molecule has 4 rings (SSSR count). The third kappa shape index (κ3) is 8.92. The molecule has 1 saturated carbocycles. The summed E-state index contributed by atoms with van der Waals surface area (Å²) in [4.78, 5) is 25.0. The summed E-state index contributed by atoms with van der Waals surface area (Å²) in [5, 5.41) is 9.10. The van der Waals surface area contributed by atoms with E-state index in [-0.39, 0.29) is 29.9 Å². The number of aliphatic carboxylic acids is 1. The van der Waals surface area contributed by atoms with Crippen molar-refractivity contribution < 1.29 is 58.9 Å².